The molecule has 0 amide bonds. The molecule has 0 fully saturated rings. The Hall–Kier alpha value is -0.660. The molecule has 0 bridgehead atoms. The van der Waals surface area contributed by atoms with Crippen LogP contribution >= 0.6 is 0 Å². The van der Waals surface area contributed by atoms with Gasteiger partial charge in [-0.15, -0.1) is 0 Å². The van der Waals surface area contributed by atoms with Gasteiger partial charge in [0, 0.05) is 25.5 Å². The van der Waals surface area contributed by atoms with Gasteiger partial charge in [-0.2, -0.15) is 0 Å². The van der Waals surface area contributed by atoms with Crippen molar-refractivity contribution in [3.63, 3.8) is 0 Å². The van der Waals surface area contributed by atoms with Gasteiger partial charge in [0.2, 0.25) is 0 Å². The van der Waals surface area contributed by atoms with Crippen molar-refractivity contribution in [3.05, 3.63) is 12.4 Å². The second-order valence-corrected chi connectivity index (χ2v) is 16.1. The largest absolute Gasteiger partial charge is 0.356 e. The number of unbranched alkanes of at least 4 members (excludes halogenated alkanes) is 34. The fourth-order valence-electron chi connectivity index (χ4n) is 7.95. The maximum atomic E-state index is 2.73. The first-order chi connectivity index (χ1) is 23.8. The molecule has 0 aliphatic carbocycles. The third-order valence-corrected chi connectivity index (χ3v) is 11.3. The number of hydrogen-bond donors (Lipinski definition) is 0. The smallest absolute Gasteiger partial charge is 0.101 e. The minimum atomic E-state index is 0.637. The van der Waals surface area contributed by atoms with Crippen LogP contribution < -0.4 is 0 Å². The van der Waals surface area contributed by atoms with Crippen LogP contribution in [0.15, 0.2) is 12.4 Å². The Bertz CT molecular complexity index is 594. The summed E-state index contributed by atoms with van der Waals surface area (Å²) in [6, 6.07) is 0. The van der Waals surface area contributed by atoms with Gasteiger partial charge in [0.1, 0.15) is 6.17 Å². The summed E-state index contributed by atoms with van der Waals surface area (Å²) < 4.78 is 0. The molecule has 1 rings (SSSR count). The van der Waals surface area contributed by atoms with Crippen LogP contribution in [0.5, 0.6) is 0 Å². The Labute approximate surface area is 305 Å². The van der Waals surface area contributed by atoms with E-state index in [9.17, 15) is 0 Å². The zero-order valence-corrected chi connectivity index (χ0v) is 33.9. The highest BCUT2D eigenvalue weighted by molar-refractivity contribution is 4.97. The van der Waals surface area contributed by atoms with Crippen molar-refractivity contribution in [3.8, 4) is 0 Å². The van der Waals surface area contributed by atoms with Gasteiger partial charge in [-0.3, -0.25) is 0 Å². The first kappa shape index (κ1) is 45.4. The van der Waals surface area contributed by atoms with Crippen LogP contribution in [-0.4, -0.2) is 29.1 Å². The predicted molar refractivity (Wildman–Crippen MR) is 219 cm³/mol. The highest BCUT2D eigenvalue weighted by Gasteiger charge is 2.24. The fraction of sp³-hybridized carbons (Fsp3) is 0.957. The van der Waals surface area contributed by atoms with Gasteiger partial charge < -0.3 is 9.80 Å². The molecule has 2 nitrogen and oxygen atoms in total. The second-order valence-electron chi connectivity index (χ2n) is 16.1. The van der Waals surface area contributed by atoms with Gasteiger partial charge in [0.05, 0.1) is 0 Å². The zero-order valence-electron chi connectivity index (χ0n) is 33.9. The highest BCUT2D eigenvalue weighted by Crippen LogP contribution is 2.24. The van der Waals surface area contributed by atoms with Gasteiger partial charge in [0.15, 0.2) is 0 Å². The lowest BCUT2D eigenvalue weighted by Gasteiger charge is -2.33. The summed E-state index contributed by atoms with van der Waals surface area (Å²) in [7, 11) is 0. The summed E-state index contributed by atoms with van der Waals surface area (Å²) in [5.74, 6) is 0. The maximum Gasteiger partial charge on any atom is 0.101 e. The van der Waals surface area contributed by atoms with Crippen molar-refractivity contribution in [1.29, 1.82) is 0 Å². The van der Waals surface area contributed by atoms with Crippen molar-refractivity contribution in [2.45, 2.75) is 271 Å². The molecule has 1 aliphatic rings. The molecule has 0 aromatic heterocycles. The van der Waals surface area contributed by atoms with E-state index in [2.05, 4.69) is 43.0 Å². The molecule has 0 spiro atoms. The molecule has 0 N–H and O–H groups in total. The van der Waals surface area contributed by atoms with Crippen LogP contribution in [-0.2, 0) is 0 Å². The third kappa shape index (κ3) is 29.1. The van der Waals surface area contributed by atoms with E-state index in [1.54, 1.807) is 0 Å². The summed E-state index contributed by atoms with van der Waals surface area (Å²) in [5.41, 5.74) is 0. The molecular weight excluding hydrogens is 581 g/mol. The molecule has 0 aromatic rings. The molecule has 0 atom stereocenters. The van der Waals surface area contributed by atoms with Gasteiger partial charge in [0.25, 0.3) is 0 Å². The molecule has 2 heteroatoms. The SMILES string of the molecule is CCCCCCCCCCCCCCCCCC1N(CCCCCCCCCCCCC)C=CN1CCCCCCCCCCCCC. The first-order valence-electron chi connectivity index (χ1n) is 23.0. The van der Waals surface area contributed by atoms with Gasteiger partial charge in [-0.25, -0.2) is 0 Å². The average Bonchev–Trinajstić information content (AvgIpc) is 3.48. The minimum absolute atomic E-state index is 0.637. The lowest BCUT2D eigenvalue weighted by Crippen LogP contribution is -2.39. The molecule has 0 saturated carbocycles. The van der Waals surface area contributed by atoms with Crippen molar-refractivity contribution in [1.82, 2.24) is 9.80 Å². The van der Waals surface area contributed by atoms with E-state index in [1.165, 1.54) is 257 Å². The Balaban J connectivity index is 2.21. The van der Waals surface area contributed by atoms with Crippen molar-refractivity contribution < 1.29 is 0 Å². The highest BCUT2D eigenvalue weighted by atomic mass is 15.4. The van der Waals surface area contributed by atoms with Crippen LogP contribution in [0.4, 0.5) is 0 Å². The van der Waals surface area contributed by atoms with E-state index in [4.69, 9.17) is 0 Å². The summed E-state index contributed by atoms with van der Waals surface area (Å²) in [4.78, 5) is 5.46. The molecule has 1 heterocycles. The van der Waals surface area contributed by atoms with E-state index in [0.717, 1.165) is 0 Å². The normalized spacial score (nSPS) is 13.5. The predicted octanol–water partition coefficient (Wildman–Crippen LogP) is 16.3. The van der Waals surface area contributed by atoms with Crippen LogP contribution in [0.2, 0.25) is 0 Å². The Morgan fingerprint density at radius 2 is 0.479 bits per heavy atom. The Kier molecular flexibility index (Phi) is 35.5. The summed E-state index contributed by atoms with van der Waals surface area (Å²) in [6.45, 7) is 9.49. The molecule has 0 unspecified atom stereocenters. The first-order valence-corrected chi connectivity index (χ1v) is 23.0. The van der Waals surface area contributed by atoms with Crippen LogP contribution in [0, 0.1) is 0 Å². The zero-order chi connectivity index (χ0) is 34.4. The molecule has 0 aromatic carbocycles. The lowest BCUT2D eigenvalue weighted by molar-refractivity contribution is 0.135. The van der Waals surface area contributed by atoms with Crippen LogP contribution in [0.25, 0.3) is 0 Å². The van der Waals surface area contributed by atoms with Crippen LogP contribution in [0.3, 0.4) is 0 Å². The van der Waals surface area contributed by atoms with E-state index in [0.29, 0.717) is 6.17 Å². The quantitative estimate of drug-likeness (QED) is 0.0598. The summed E-state index contributed by atoms with van der Waals surface area (Å²) in [6.07, 6.45) is 60.4. The van der Waals surface area contributed by atoms with E-state index < -0.39 is 0 Å². The van der Waals surface area contributed by atoms with Gasteiger partial charge in [-0.1, -0.05) is 239 Å². The standard InChI is InChI=1S/C46H92N2/c1-4-7-10-13-16-19-22-23-24-25-26-29-32-35-38-41-46-47(42-39-36-33-30-27-20-17-14-11-8-5-2)44-45-48(46)43-40-37-34-31-28-21-18-15-12-9-6-3/h44-46H,4-43H2,1-3H3. The topological polar surface area (TPSA) is 6.48 Å². The van der Waals surface area contributed by atoms with Crippen molar-refractivity contribution in [2.75, 3.05) is 13.1 Å². The van der Waals surface area contributed by atoms with Gasteiger partial charge >= 0.3 is 0 Å². The monoisotopic (exact) mass is 673 g/mol. The third-order valence-electron chi connectivity index (χ3n) is 11.3. The fourth-order valence-corrected chi connectivity index (χ4v) is 7.95. The van der Waals surface area contributed by atoms with E-state index >= 15 is 0 Å². The summed E-state index contributed by atoms with van der Waals surface area (Å²) >= 11 is 0. The number of rotatable bonds is 40. The minimum Gasteiger partial charge on any atom is -0.356 e. The molecule has 0 saturated heterocycles. The maximum absolute atomic E-state index is 2.73. The molecule has 286 valence electrons. The molecular formula is C46H92N2. The summed E-state index contributed by atoms with van der Waals surface area (Å²) in [5, 5.41) is 0. The Morgan fingerprint density at radius 3 is 0.729 bits per heavy atom. The molecule has 48 heavy (non-hydrogen) atoms. The van der Waals surface area contributed by atoms with Crippen LogP contribution in [0.1, 0.15) is 265 Å². The van der Waals surface area contributed by atoms with Crippen molar-refractivity contribution >= 4 is 0 Å². The van der Waals surface area contributed by atoms with E-state index in [-0.39, 0.29) is 0 Å². The number of nitrogens with zero attached hydrogens (tertiary/aromatic N) is 2. The Morgan fingerprint density at radius 1 is 0.271 bits per heavy atom. The van der Waals surface area contributed by atoms with Crippen molar-refractivity contribution in [2.24, 2.45) is 0 Å². The van der Waals surface area contributed by atoms with Gasteiger partial charge in [-0.05, 0) is 25.7 Å². The lowest BCUT2D eigenvalue weighted by atomic mass is 10.0. The molecule has 1 aliphatic heterocycles. The second kappa shape index (κ2) is 37.6. The van der Waals surface area contributed by atoms with E-state index in [1.807, 2.05) is 0 Å². The average molecular weight is 673 g/mol. The molecule has 0 radical (unpaired) electrons. The number of hydrogen-bond acceptors (Lipinski definition) is 2.